The average Bonchev–Trinajstić information content (AvgIpc) is 2.45. The summed E-state index contributed by atoms with van der Waals surface area (Å²) in [6.07, 6.45) is 5.04. The summed E-state index contributed by atoms with van der Waals surface area (Å²) in [5.74, 6) is -0.254. The Kier molecular flexibility index (Phi) is 4.88. The van der Waals surface area contributed by atoms with Crippen molar-refractivity contribution in [2.75, 3.05) is 6.54 Å². The summed E-state index contributed by atoms with van der Waals surface area (Å²) >= 11 is 0. The lowest BCUT2D eigenvalue weighted by Crippen LogP contribution is -2.44. The number of carbonyl (C=O) groups is 2. The molecule has 1 N–H and O–H groups in total. The lowest BCUT2D eigenvalue weighted by molar-refractivity contribution is -0.137. The number of nitrogens with zero attached hydrogens (tertiary/aromatic N) is 3. The van der Waals surface area contributed by atoms with Gasteiger partial charge in [-0.2, -0.15) is 0 Å². The molecule has 1 saturated heterocycles. The Balaban J connectivity index is 2.16. The van der Waals surface area contributed by atoms with E-state index in [-0.39, 0.29) is 18.4 Å². The molecule has 0 saturated carbocycles. The number of amides is 1. The molecule has 1 aliphatic heterocycles. The number of hydrogen-bond donors (Lipinski definition) is 1. The van der Waals surface area contributed by atoms with Crippen molar-refractivity contribution in [2.45, 2.75) is 52.0 Å². The van der Waals surface area contributed by atoms with Crippen LogP contribution in [0.25, 0.3) is 0 Å². The number of rotatable bonds is 4. The molecule has 2 rings (SSSR count). The first-order valence-corrected chi connectivity index (χ1v) is 7.32. The van der Waals surface area contributed by atoms with Crippen molar-refractivity contribution in [3.8, 4) is 0 Å². The monoisotopic (exact) mass is 291 g/mol. The predicted molar refractivity (Wildman–Crippen MR) is 77.1 cm³/mol. The molecule has 1 unspecified atom stereocenters. The third-order valence-corrected chi connectivity index (χ3v) is 3.91. The molecule has 1 atom stereocenters. The first-order valence-electron chi connectivity index (χ1n) is 7.32. The van der Waals surface area contributed by atoms with Crippen molar-refractivity contribution in [1.82, 2.24) is 14.9 Å². The van der Waals surface area contributed by atoms with Gasteiger partial charge in [-0.25, -0.2) is 9.97 Å². The Bertz CT molecular complexity index is 545. The quantitative estimate of drug-likeness (QED) is 0.916. The van der Waals surface area contributed by atoms with Gasteiger partial charge in [0.25, 0.3) is 5.91 Å². The van der Waals surface area contributed by atoms with E-state index in [4.69, 9.17) is 5.11 Å². The van der Waals surface area contributed by atoms with Crippen LogP contribution in [0.15, 0.2) is 6.20 Å². The lowest BCUT2D eigenvalue weighted by atomic mass is 9.97. The standard InChI is InChI=1S/C15H21N3O3/c1-10-13(9-16-11(2)17-10)15(21)18-8-4-3-5-12(18)6-7-14(19)20/h9,12H,3-8H2,1-2H3,(H,19,20). The molecule has 1 fully saturated rings. The van der Waals surface area contributed by atoms with Crippen LogP contribution in [0.1, 0.15) is 54.0 Å². The summed E-state index contributed by atoms with van der Waals surface area (Å²) in [4.78, 5) is 33.6. The second-order valence-electron chi connectivity index (χ2n) is 5.50. The molecule has 6 heteroatoms. The summed E-state index contributed by atoms with van der Waals surface area (Å²) < 4.78 is 0. The fourth-order valence-electron chi connectivity index (χ4n) is 2.81. The fraction of sp³-hybridized carbons (Fsp3) is 0.600. The molecule has 21 heavy (non-hydrogen) atoms. The topological polar surface area (TPSA) is 83.4 Å². The highest BCUT2D eigenvalue weighted by Gasteiger charge is 2.28. The molecule has 1 amide bonds. The first-order chi connectivity index (χ1) is 9.99. The number of aliphatic carboxylic acids is 1. The van der Waals surface area contributed by atoms with Crippen LogP contribution in [0.5, 0.6) is 0 Å². The zero-order valence-electron chi connectivity index (χ0n) is 12.5. The van der Waals surface area contributed by atoms with Crippen LogP contribution >= 0.6 is 0 Å². The van der Waals surface area contributed by atoms with Gasteiger partial charge in [0.05, 0.1) is 11.3 Å². The Hall–Kier alpha value is -1.98. The molecule has 114 valence electrons. The zero-order valence-corrected chi connectivity index (χ0v) is 12.5. The molecule has 0 bridgehead atoms. The average molecular weight is 291 g/mol. The van der Waals surface area contributed by atoms with Crippen LogP contribution < -0.4 is 0 Å². The second-order valence-corrected chi connectivity index (χ2v) is 5.50. The van der Waals surface area contributed by atoms with Crippen LogP contribution in [0, 0.1) is 13.8 Å². The molecular weight excluding hydrogens is 270 g/mol. The molecular formula is C15H21N3O3. The van der Waals surface area contributed by atoms with Gasteiger partial charge in [-0.05, 0) is 39.5 Å². The van der Waals surface area contributed by atoms with Crippen LogP contribution in [0.2, 0.25) is 0 Å². The number of piperidine rings is 1. The summed E-state index contributed by atoms with van der Waals surface area (Å²) in [7, 11) is 0. The largest absolute Gasteiger partial charge is 0.481 e. The van der Waals surface area contributed by atoms with Gasteiger partial charge < -0.3 is 10.0 Å². The third kappa shape index (κ3) is 3.77. The van der Waals surface area contributed by atoms with E-state index in [0.29, 0.717) is 30.0 Å². The van der Waals surface area contributed by atoms with E-state index in [1.165, 1.54) is 0 Å². The molecule has 2 heterocycles. The van der Waals surface area contributed by atoms with Gasteiger partial charge in [-0.1, -0.05) is 0 Å². The smallest absolute Gasteiger partial charge is 0.303 e. The van der Waals surface area contributed by atoms with Gasteiger partial charge in [0.15, 0.2) is 0 Å². The maximum absolute atomic E-state index is 12.7. The van der Waals surface area contributed by atoms with Gasteiger partial charge in [0.1, 0.15) is 5.82 Å². The predicted octanol–water partition coefficient (Wildman–Crippen LogP) is 1.95. The minimum Gasteiger partial charge on any atom is -0.481 e. The summed E-state index contributed by atoms with van der Waals surface area (Å²) in [6, 6.07) is 0.00283. The molecule has 1 aromatic heterocycles. The highest BCUT2D eigenvalue weighted by molar-refractivity contribution is 5.95. The maximum atomic E-state index is 12.7. The number of hydrogen-bond acceptors (Lipinski definition) is 4. The number of aromatic nitrogens is 2. The number of carboxylic acids is 1. The number of carboxylic acid groups (broad SMARTS) is 1. The van der Waals surface area contributed by atoms with E-state index in [1.54, 1.807) is 24.9 Å². The summed E-state index contributed by atoms with van der Waals surface area (Å²) in [5.41, 5.74) is 1.19. The normalized spacial score (nSPS) is 18.6. The van der Waals surface area contributed by atoms with Gasteiger partial charge in [0.2, 0.25) is 0 Å². The van der Waals surface area contributed by atoms with E-state index in [9.17, 15) is 9.59 Å². The Morgan fingerprint density at radius 3 is 2.81 bits per heavy atom. The number of aryl methyl sites for hydroxylation is 2. The summed E-state index contributed by atoms with van der Waals surface area (Å²) in [6.45, 7) is 4.27. The van der Waals surface area contributed by atoms with Crippen molar-refractivity contribution in [3.05, 3.63) is 23.3 Å². The fourth-order valence-corrected chi connectivity index (χ4v) is 2.81. The third-order valence-electron chi connectivity index (χ3n) is 3.91. The maximum Gasteiger partial charge on any atom is 0.303 e. The van der Waals surface area contributed by atoms with Crippen LogP contribution in [0.4, 0.5) is 0 Å². The molecule has 1 aliphatic rings. The Morgan fingerprint density at radius 2 is 2.14 bits per heavy atom. The SMILES string of the molecule is Cc1ncc(C(=O)N2CCCCC2CCC(=O)O)c(C)n1. The molecule has 0 radical (unpaired) electrons. The second kappa shape index (κ2) is 6.65. The minimum absolute atomic E-state index is 0.00283. The van der Waals surface area contributed by atoms with Crippen LogP contribution in [-0.2, 0) is 4.79 Å². The molecule has 0 spiro atoms. The minimum atomic E-state index is -0.817. The number of carbonyl (C=O) groups excluding carboxylic acids is 1. The first kappa shape index (κ1) is 15.4. The van der Waals surface area contributed by atoms with Crippen LogP contribution in [0.3, 0.4) is 0 Å². The van der Waals surface area contributed by atoms with Crippen molar-refractivity contribution in [1.29, 1.82) is 0 Å². The zero-order chi connectivity index (χ0) is 15.4. The molecule has 6 nitrogen and oxygen atoms in total. The van der Waals surface area contributed by atoms with E-state index in [0.717, 1.165) is 19.3 Å². The van der Waals surface area contributed by atoms with Gasteiger partial charge in [0, 0.05) is 25.2 Å². The Morgan fingerprint density at radius 1 is 1.38 bits per heavy atom. The molecule has 0 aromatic carbocycles. The van der Waals surface area contributed by atoms with Gasteiger partial charge in [-0.15, -0.1) is 0 Å². The van der Waals surface area contributed by atoms with Crippen molar-refractivity contribution < 1.29 is 14.7 Å². The van der Waals surface area contributed by atoms with E-state index < -0.39 is 5.97 Å². The van der Waals surface area contributed by atoms with Gasteiger partial charge in [-0.3, -0.25) is 9.59 Å². The molecule has 1 aromatic rings. The summed E-state index contributed by atoms with van der Waals surface area (Å²) in [5, 5.41) is 8.84. The highest BCUT2D eigenvalue weighted by Crippen LogP contribution is 2.23. The highest BCUT2D eigenvalue weighted by atomic mass is 16.4. The van der Waals surface area contributed by atoms with Gasteiger partial charge >= 0.3 is 5.97 Å². The Labute approximate surface area is 124 Å². The van der Waals surface area contributed by atoms with E-state index in [2.05, 4.69) is 9.97 Å². The van der Waals surface area contributed by atoms with Crippen molar-refractivity contribution in [2.24, 2.45) is 0 Å². The van der Waals surface area contributed by atoms with Crippen molar-refractivity contribution >= 4 is 11.9 Å². The number of likely N-dealkylation sites (tertiary alicyclic amines) is 1. The van der Waals surface area contributed by atoms with E-state index >= 15 is 0 Å². The van der Waals surface area contributed by atoms with Crippen LogP contribution in [-0.4, -0.2) is 44.4 Å². The van der Waals surface area contributed by atoms with Crippen molar-refractivity contribution in [3.63, 3.8) is 0 Å². The lowest BCUT2D eigenvalue weighted by Gasteiger charge is -2.35. The molecule has 0 aliphatic carbocycles. The van der Waals surface area contributed by atoms with E-state index in [1.807, 2.05) is 0 Å².